The predicted molar refractivity (Wildman–Crippen MR) is 52.3 cm³/mol. The fraction of sp³-hybridized carbons (Fsp3) is 0.889. The summed E-state index contributed by atoms with van der Waals surface area (Å²) in [6.07, 6.45) is 1.12. The minimum absolute atomic E-state index is 0.0875. The van der Waals surface area contributed by atoms with Gasteiger partial charge in [-0.3, -0.25) is 9.69 Å². The summed E-state index contributed by atoms with van der Waals surface area (Å²) in [4.78, 5) is 13.3. The standard InChI is InChI=1S/C9H19N3O/c1-7-3-8(4-10)5-12(7)6-9(13)11-2/h7-8H,3-6,10H2,1-2H3,(H,11,13). The Morgan fingerprint density at radius 2 is 2.38 bits per heavy atom. The average Bonchev–Trinajstić information content (AvgIpc) is 2.47. The van der Waals surface area contributed by atoms with Crippen LogP contribution in [0.15, 0.2) is 0 Å². The number of likely N-dealkylation sites (N-methyl/N-ethyl adjacent to an activating group) is 1. The van der Waals surface area contributed by atoms with Crippen LogP contribution in [-0.4, -0.2) is 43.5 Å². The molecule has 1 fully saturated rings. The second kappa shape index (κ2) is 4.58. The number of likely N-dealkylation sites (tertiary alicyclic amines) is 1. The maximum absolute atomic E-state index is 11.1. The Kier molecular flexibility index (Phi) is 3.69. The van der Waals surface area contributed by atoms with Crippen LogP contribution >= 0.6 is 0 Å². The molecule has 4 nitrogen and oxygen atoms in total. The number of nitrogens with zero attached hydrogens (tertiary/aromatic N) is 1. The second-order valence-electron chi connectivity index (χ2n) is 3.79. The van der Waals surface area contributed by atoms with Crippen molar-refractivity contribution in [3.05, 3.63) is 0 Å². The molecule has 1 rings (SSSR count). The molecule has 13 heavy (non-hydrogen) atoms. The van der Waals surface area contributed by atoms with Crippen LogP contribution in [-0.2, 0) is 4.79 Å². The van der Waals surface area contributed by atoms with E-state index in [-0.39, 0.29) is 5.91 Å². The van der Waals surface area contributed by atoms with E-state index >= 15 is 0 Å². The molecule has 0 bridgehead atoms. The first-order valence-electron chi connectivity index (χ1n) is 4.82. The maximum atomic E-state index is 11.1. The number of carbonyl (C=O) groups is 1. The second-order valence-corrected chi connectivity index (χ2v) is 3.79. The van der Waals surface area contributed by atoms with Crippen molar-refractivity contribution in [2.24, 2.45) is 11.7 Å². The lowest BCUT2D eigenvalue weighted by Crippen LogP contribution is -2.37. The quantitative estimate of drug-likeness (QED) is 0.617. The monoisotopic (exact) mass is 185 g/mol. The molecule has 1 amide bonds. The van der Waals surface area contributed by atoms with Crippen LogP contribution in [0.4, 0.5) is 0 Å². The summed E-state index contributed by atoms with van der Waals surface area (Å²) in [6.45, 7) is 4.35. The zero-order valence-corrected chi connectivity index (χ0v) is 8.42. The molecule has 0 spiro atoms. The SMILES string of the molecule is CNC(=O)CN1CC(CN)CC1C. The average molecular weight is 185 g/mol. The van der Waals surface area contributed by atoms with E-state index < -0.39 is 0 Å². The van der Waals surface area contributed by atoms with Crippen LogP contribution in [0.5, 0.6) is 0 Å². The minimum Gasteiger partial charge on any atom is -0.358 e. The Morgan fingerprint density at radius 3 is 2.85 bits per heavy atom. The van der Waals surface area contributed by atoms with Gasteiger partial charge in [0.2, 0.25) is 5.91 Å². The van der Waals surface area contributed by atoms with Crippen molar-refractivity contribution >= 4 is 5.91 Å². The zero-order valence-electron chi connectivity index (χ0n) is 8.42. The fourth-order valence-corrected chi connectivity index (χ4v) is 1.87. The summed E-state index contributed by atoms with van der Waals surface area (Å²) in [6, 6.07) is 0.492. The van der Waals surface area contributed by atoms with Gasteiger partial charge in [0, 0.05) is 19.6 Å². The molecule has 3 N–H and O–H groups in total. The highest BCUT2D eigenvalue weighted by molar-refractivity contribution is 5.77. The lowest BCUT2D eigenvalue weighted by atomic mass is 10.1. The van der Waals surface area contributed by atoms with E-state index in [4.69, 9.17) is 5.73 Å². The van der Waals surface area contributed by atoms with Crippen LogP contribution in [0, 0.1) is 5.92 Å². The number of amides is 1. The predicted octanol–water partition coefficient (Wildman–Crippen LogP) is -0.598. The topological polar surface area (TPSA) is 58.4 Å². The van der Waals surface area contributed by atoms with Crippen LogP contribution in [0.1, 0.15) is 13.3 Å². The van der Waals surface area contributed by atoms with Gasteiger partial charge < -0.3 is 11.1 Å². The fourth-order valence-electron chi connectivity index (χ4n) is 1.87. The molecule has 1 aliphatic heterocycles. The number of hydrogen-bond acceptors (Lipinski definition) is 3. The highest BCUT2D eigenvalue weighted by atomic mass is 16.1. The molecule has 0 aromatic carbocycles. The van der Waals surface area contributed by atoms with Crippen molar-refractivity contribution in [3.8, 4) is 0 Å². The number of nitrogens with two attached hydrogens (primary N) is 1. The number of nitrogens with one attached hydrogen (secondary N) is 1. The van der Waals surface area contributed by atoms with Gasteiger partial charge in [-0.25, -0.2) is 0 Å². The van der Waals surface area contributed by atoms with E-state index in [2.05, 4.69) is 17.1 Å². The van der Waals surface area contributed by atoms with Crippen LogP contribution in [0.3, 0.4) is 0 Å². The van der Waals surface area contributed by atoms with Crippen molar-refractivity contribution in [2.45, 2.75) is 19.4 Å². The van der Waals surface area contributed by atoms with Gasteiger partial charge in [-0.1, -0.05) is 0 Å². The molecular weight excluding hydrogens is 166 g/mol. The van der Waals surface area contributed by atoms with Gasteiger partial charge in [0.05, 0.1) is 6.54 Å². The first-order chi connectivity index (χ1) is 6.17. The van der Waals surface area contributed by atoms with Gasteiger partial charge in [0.1, 0.15) is 0 Å². The molecule has 0 aliphatic carbocycles. The molecule has 4 heteroatoms. The van der Waals surface area contributed by atoms with Gasteiger partial charge in [-0.2, -0.15) is 0 Å². The lowest BCUT2D eigenvalue weighted by Gasteiger charge is -2.19. The molecule has 0 aromatic rings. The number of carbonyl (C=O) groups excluding carboxylic acids is 1. The molecule has 0 saturated carbocycles. The van der Waals surface area contributed by atoms with Gasteiger partial charge >= 0.3 is 0 Å². The summed E-state index contributed by atoms with van der Waals surface area (Å²) in [5, 5.41) is 2.63. The summed E-state index contributed by atoms with van der Waals surface area (Å²) in [7, 11) is 1.67. The first kappa shape index (κ1) is 10.5. The highest BCUT2D eigenvalue weighted by Crippen LogP contribution is 2.21. The molecule has 2 unspecified atom stereocenters. The third-order valence-corrected chi connectivity index (χ3v) is 2.75. The Hall–Kier alpha value is -0.610. The normalized spacial score (nSPS) is 29.2. The summed E-state index contributed by atoms with van der Waals surface area (Å²) < 4.78 is 0. The third-order valence-electron chi connectivity index (χ3n) is 2.75. The summed E-state index contributed by atoms with van der Waals surface area (Å²) >= 11 is 0. The van der Waals surface area contributed by atoms with E-state index in [1.165, 1.54) is 0 Å². The lowest BCUT2D eigenvalue weighted by molar-refractivity contribution is -0.121. The Morgan fingerprint density at radius 1 is 1.69 bits per heavy atom. The Balaban J connectivity index is 2.38. The van der Waals surface area contributed by atoms with Crippen molar-refractivity contribution in [1.29, 1.82) is 0 Å². The minimum atomic E-state index is 0.0875. The largest absolute Gasteiger partial charge is 0.358 e. The molecule has 2 atom stereocenters. The zero-order chi connectivity index (χ0) is 9.84. The number of hydrogen-bond donors (Lipinski definition) is 2. The molecule has 0 radical (unpaired) electrons. The van der Waals surface area contributed by atoms with E-state index in [0.29, 0.717) is 18.5 Å². The smallest absolute Gasteiger partial charge is 0.233 e. The van der Waals surface area contributed by atoms with Crippen LogP contribution < -0.4 is 11.1 Å². The molecule has 1 heterocycles. The van der Waals surface area contributed by atoms with Gasteiger partial charge in [-0.15, -0.1) is 0 Å². The molecular formula is C9H19N3O. The number of rotatable bonds is 3. The van der Waals surface area contributed by atoms with E-state index in [0.717, 1.165) is 19.5 Å². The molecule has 0 aromatic heterocycles. The first-order valence-corrected chi connectivity index (χ1v) is 4.82. The molecule has 1 saturated heterocycles. The Bertz CT molecular complexity index is 184. The van der Waals surface area contributed by atoms with E-state index in [1.54, 1.807) is 7.05 Å². The Labute approximate surface area is 79.5 Å². The van der Waals surface area contributed by atoms with Gasteiger partial charge in [-0.05, 0) is 25.8 Å². The van der Waals surface area contributed by atoms with Crippen molar-refractivity contribution < 1.29 is 4.79 Å². The van der Waals surface area contributed by atoms with Gasteiger partial charge in [0.15, 0.2) is 0 Å². The van der Waals surface area contributed by atoms with E-state index in [9.17, 15) is 4.79 Å². The van der Waals surface area contributed by atoms with Crippen molar-refractivity contribution in [3.63, 3.8) is 0 Å². The maximum Gasteiger partial charge on any atom is 0.233 e. The summed E-state index contributed by atoms with van der Waals surface area (Å²) in [5.41, 5.74) is 5.59. The van der Waals surface area contributed by atoms with E-state index in [1.807, 2.05) is 0 Å². The van der Waals surface area contributed by atoms with Gasteiger partial charge in [0.25, 0.3) is 0 Å². The molecule has 1 aliphatic rings. The van der Waals surface area contributed by atoms with Crippen molar-refractivity contribution in [2.75, 3.05) is 26.7 Å². The van der Waals surface area contributed by atoms with Crippen LogP contribution in [0.2, 0.25) is 0 Å². The molecule has 76 valence electrons. The highest BCUT2D eigenvalue weighted by Gasteiger charge is 2.28. The van der Waals surface area contributed by atoms with Crippen LogP contribution in [0.25, 0.3) is 0 Å². The third kappa shape index (κ3) is 2.67. The summed E-state index contributed by atoms with van der Waals surface area (Å²) in [5.74, 6) is 0.657. The van der Waals surface area contributed by atoms with Crippen molar-refractivity contribution in [1.82, 2.24) is 10.2 Å².